The van der Waals surface area contributed by atoms with Gasteiger partial charge in [0.2, 0.25) is 0 Å². The largest absolute Gasteiger partial charge is 0.298 e. The molecule has 0 heterocycles. The Morgan fingerprint density at radius 1 is 0.885 bits per heavy atom. The summed E-state index contributed by atoms with van der Waals surface area (Å²) in [6.45, 7) is 5.02. The molecule has 9 unspecified atom stereocenters. The van der Waals surface area contributed by atoms with Crippen molar-refractivity contribution in [2.45, 2.75) is 78.1 Å². The maximum absolute atomic E-state index is 12.8. The van der Waals surface area contributed by atoms with Gasteiger partial charge in [-0.15, -0.1) is 0 Å². The summed E-state index contributed by atoms with van der Waals surface area (Å²) in [6.07, 6.45) is 14.4. The molecule has 0 radical (unpaired) electrons. The van der Waals surface area contributed by atoms with Crippen LogP contribution >= 0.6 is 15.9 Å². The van der Waals surface area contributed by atoms with Crippen LogP contribution in [0.15, 0.2) is 0 Å². The Hall–Kier alpha value is 0.150. The SMILES string of the molecule is CC1CCC2C(CCC3C2CCC2(C)C(C(=O)CBr)CC(C4CC4)C32)C1. The van der Waals surface area contributed by atoms with E-state index in [4.69, 9.17) is 0 Å². The smallest absolute Gasteiger partial charge is 0.147 e. The standard InChI is InChI=1S/C24H37BrO/c1-14-3-7-17-16(11-14)6-8-19-18(17)9-10-24(2)21(22(26)13-25)12-20(23(19)24)15-4-5-15/h14-21,23H,3-13H2,1-2H3. The highest BCUT2D eigenvalue weighted by Gasteiger charge is 2.63. The van der Waals surface area contributed by atoms with Crippen LogP contribution in [0, 0.1) is 58.7 Å². The second kappa shape index (κ2) is 6.60. The van der Waals surface area contributed by atoms with Crippen molar-refractivity contribution in [3.8, 4) is 0 Å². The number of carbonyl (C=O) groups is 1. The average Bonchev–Trinajstić information content (AvgIpc) is 3.43. The number of hydrogen-bond donors (Lipinski definition) is 0. The number of carbonyl (C=O) groups excluding carboxylic acids is 1. The van der Waals surface area contributed by atoms with E-state index in [0.717, 1.165) is 47.3 Å². The summed E-state index contributed by atoms with van der Waals surface area (Å²) in [7, 11) is 0. The summed E-state index contributed by atoms with van der Waals surface area (Å²) < 4.78 is 0. The third kappa shape index (κ3) is 2.71. The van der Waals surface area contributed by atoms with Gasteiger partial charge in [-0.2, -0.15) is 0 Å². The normalized spacial score (nSPS) is 53.5. The van der Waals surface area contributed by atoms with Crippen molar-refractivity contribution < 1.29 is 4.79 Å². The molecular formula is C24H37BrO. The van der Waals surface area contributed by atoms with Gasteiger partial charge in [0.05, 0.1) is 5.33 Å². The van der Waals surface area contributed by atoms with Crippen LogP contribution in [-0.2, 0) is 4.79 Å². The van der Waals surface area contributed by atoms with Crippen LogP contribution in [-0.4, -0.2) is 11.1 Å². The Balaban J connectivity index is 1.45. The molecule has 0 aromatic carbocycles. The average molecular weight is 421 g/mol. The zero-order valence-corrected chi connectivity index (χ0v) is 18.3. The van der Waals surface area contributed by atoms with Crippen LogP contribution in [0.2, 0.25) is 0 Å². The van der Waals surface area contributed by atoms with E-state index < -0.39 is 0 Å². The van der Waals surface area contributed by atoms with Crippen LogP contribution in [0.3, 0.4) is 0 Å². The molecule has 5 fully saturated rings. The highest BCUT2D eigenvalue weighted by Crippen LogP contribution is 2.69. The Labute approximate surface area is 168 Å². The minimum Gasteiger partial charge on any atom is -0.298 e. The van der Waals surface area contributed by atoms with Crippen molar-refractivity contribution in [2.24, 2.45) is 58.7 Å². The maximum atomic E-state index is 12.8. The van der Waals surface area contributed by atoms with Crippen molar-refractivity contribution in [3.05, 3.63) is 0 Å². The number of Topliss-reactive ketones (excluding diaryl/α,β-unsaturated/α-hetero) is 1. The van der Waals surface area contributed by atoms with E-state index in [1.54, 1.807) is 0 Å². The molecule has 0 aromatic heterocycles. The predicted octanol–water partition coefficient (Wildman–Crippen LogP) is 6.49. The van der Waals surface area contributed by atoms with Gasteiger partial charge in [-0.25, -0.2) is 0 Å². The van der Waals surface area contributed by atoms with Gasteiger partial charge >= 0.3 is 0 Å². The fraction of sp³-hybridized carbons (Fsp3) is 0.958. The topological polar surface area (TPSA) is 17.1 Å². The van der Waals surface area contributed by atoms with Crippen molar-refractivity contribution in [3.63, 3.8) is 0 Å². The molecule has 5 aliphatic carbocycles. The third-order valence-corrected chi connectivity index (χ3v) is 10.6. The predicted molar refractivity (Wildman–Crippen MR) is 110 cm³/mol. The van der Waals surface area contributed by atoms with Gasteiger partial charge in [0.15, 0.2) is 0 Å². The highest BCUT2D eigenvalue weighted by atomic mass is 79.9. The molecule has 5 saturated carbocycles. The number of halogens is 1. The fourth-order valence-corrected chi connectivity index (χ4v) is 9.26. The van der Waals surface area contributed by atoms with E-state index >= 15 is 0 Å². The van der Waals surface area contributed by atoms with Gasteiger partial charge < -0.3 is 0 Å². The summed E-state index contributed by atoms with van der Waals surface area (Å²) in [6, 6.07) is 0. The summed E-state index contributed by atoms with van der Waals surface area (Å²) in [5.41, 5.74) is 0.314. The highest BCUT2D eigenvalue weighted by molar-refractivity contribution is 9.09. The summed E-state index contributed by atoms with van der Waals surface area (Å²) in [4.78, 5) is 12.8. The molecule has 1 nitrogen and oxygen atoms in total. The molecule has 0 saturated heterocycles. The molecule has 0 aromatic rings. The van der Waals surface area contributed by atoms with Crippen LogP contribution in [0.5, 0.6) is 0 Å². The van der Waals surface area contributed by atoms with E-state index in [2.05, 4.69) is 29.8 Å². The molecule has 5 aliphatic rings. The lowest BCUT2D eigenvalue weighted by atomic mass is 9.48. The quantitative estimate of drug-likeness (QED) is 0.476. The van der Waals surface area contributed by atoms with Crippen LogP contribution < -0.4 is 0 Å². The lowest BCUT2D eigenvalue weighted by molar-refractivity contribution is -0.128. The van der Waals surface area contributed by atoms with Crippen molar-refractivity contribution >= 4 is 21.7 Å². The molecule has 0 bridgehead atoms. The maximum Gasteiger partial charge on any atom is 0.147 e. The summed E-state index contributed by atoms with van der Waals surface area (Å²) in [5.74, 6) is 8.54. The molecule has 26 heavy (non-hydrogen) atoms. The van der Waals surface area contributed by atoms with Gasteiger partial charge in [-0.05, 0) is 111 Å². The first-order chi connectivity index (χ1) is 12.5. The monoisotopic (exact) mass is 420 g/mol. The minimum absolute atomic E-state index is 0.314. The number of ketones is 1. The summed E-state index contributed by atoms with van der Waals surface area (Å²) in [5, 5.41) is 0.577. The molecule has 146 valence electrons. The van der Waals surface area contributed by atoms with E-state index in [9.17, 15) is 4.79 Å². The second-order valence-electron chi connectivity index (χ2n) is 11.2. The van der Waals surface area contributed by atoms with Gasteiger partial charge in [0, 0.05) is 5.92 Å². The van der Waals surface area contributed by atoms with Gasteiger partial charge in [-0.3, -0.25) is 4.79 Å². The lowest BCUT2D eigenvalue weighted by Gasteiger charge is -2.57. The Morgan fingerprint density at radius 2 is 1.62 bits per heavy atom. The van der Waals surface area contributed by atoms with Gasteiger partial charge in [0.1, 0.15) is 5.78 Å². The molecule has 2 heteroatoms. The number of fused-ring (bicyclic) bond motifs is 5. The molecular weight excluding hydrogens is 384 g/mol. The zero-order valence-electron chi connectivity index (χ0n) is 16.8. The van der Waals surface area contributed by atoms with Crippen LogP contribution in [0.1, 0.15) is 78.1 Å². The zero-order chi connectivity index (χ0) is 18.1. The minimum atomic E-state index is 0.314. The van der Waals surface area contributed by atoms with E-state index in [-0.39, 0.29) is 0 Å². The van der Waals surface area contributed by atoms with Crippen molar-refractivity contribution in [2.75, 3.05) is 5.33 Å². The van der Waals surface area contributed by atoms with Crippen molar-refractivity contribution in [1.82, 2.24) is 0 Å². The van der Waals surface area contributed by atoms with Gasteiger partial charge in [0.25, 0.3) is 0 Å². The van der Waals surface area contributed by atoms with E-state index in [1.807, 2.05) is 0 Å². The molecule has 0 aliphatic heterocycles. The molecule has 9 atom stereocenters. The fourth-order valence-electron chi connectivity index (χ4n) is 8.87. The first-order valence-corrected chi connectivity index (χ1v) is 12.7. The number of alkyl halides is 1. The van der Waals surface area contributed by atoms with Crippen LogP contribution in [0.4, 0.5) is 0 Å². The Morgan fingerprint density at radius 3 is 2.35 bits per heavy atom. The molecule has 5 rings (SSSR count). The van der Waals surface area contributed by atoms with E-state index in [1.165, 1.54) is 64.2 Å². The molecule has 0 amide bonds. The summed E-state index contributed by atoms with van der Waals surface area (Å²) >= 11 is 3.51. The second-order valence-corrected chi connectivity index (χ2v) is 11.8. The van der Waals surface area contributed by atoms with Crippen molar-refractivity contribution in [1.29, 1.82) is 0 Å². The third-order valence-electron chi connectivity index (χ3n) is 10.0. The first kappa shape index (κ1) is 18.2. The van der Waals surface area contributed by atoms with Crippen LogP contribution in [0.25, 0.3) is 0 Å². The first-order valence-electron chi connectivity index (χ1n) is 11.6. The lowest BCUT2D eigenvalue weighted by Crippen LogP contribution is -2.50. The number of rotatable bonds is 3. The molecule has 0 spiro atoms. The molecule has 0 N–H and O–H groups in total. The number of hydrogen-bond acceptors (Lipinski definition) is 1. The van der Waals surface area contributed by atoms with E-state index in [0.29, 0.717) is 22.4 Å². The Bertz CT molecular complexity index is 569. The Kier molecular flexibility index (Phi) is 4.62. The van der Waals surface area contributed by atoms with Gasteiger partial charge in [-0.1, -0.05) is 36.2 Å².